The van der Waals surface area contributed by atoms with Crippen molar-refractivity contribution in [2.75, 3.05) is 26.2 Å². The zero-order chi connectivity index (χ0) is 16.2. The molecule has 0 aromatic carbocycles. The lowest BCUT2D eigenvalue weighted by atomic mass is 9.96. The molecule has 3 aliphatic rings. The SMILES string of the molecule is CCOC(=O)C1=C(CN2CCC[C@H]2C2CCCC2)NC(=O)NC1. The van der Waals surface area contributed by atoms with E-state index in [-0.39, 0.29) is 18.5 Å². The highest BCUT2D eigenvalue weighted by Gasteiger charge is 2.35. The molecule has 2 fully saturated rings. The van der Waals surface area contributed by atoms with Gasteiger partial charge in [0.1, 0.15) is 0 Å². The smallest absolute Gasteiger partial charge is 0.337 e. The molecule has 6 nitrogen and oxygen atoms in total. The molecule has 2 N–H and O–H groups in total. The third kappa shape index (κ3) is 3.68. The van der Waals surface area contributed by atoms with E-state index < -0.39 is 0 Å². The highest BCUT2D eigenvalue weighted by Crippen LogP contribution is 2.35. The molecular weight excluding hydrogens is 294 g/mol. The van der Waals surface area contributed by atoms with Crippen LogP contribution in [-0.2, 0) is 9.53 Å². The average molecular weight is 321 g/mol. The number of urea groups is 1. The second-order valence-corrected chi connectivity index (χ2v) is 6.71. The molecular formula is C17H27N3O3. The van der Waals surface area contributed by atoms with Crippen LogP contribution in [0.15, 0.2) is 11.3 Å². The Bertz CT molecular complexity index is 497. The maximum absolute atomic E-state index is 12.1. The van der Waals surface area contributed by atoms with E-state index in [1.807, 2.05) is 0 Å². The molecule has 1 saturated heterocycles. The van der Waals surface area contributed by atoms with Crippen LogP contribution in [0.1, 0.15) is 45.4 Å². The minimum absolute atomic E-state index is 0.232. The van der Waals surface area contributed by atoms with Crippen LogP contribution >= 0.6 is 0 Å². The fourth-order valence-electron chi connectivity index (χ4n) is 4.21. The molecule has 0 bridgehead atoms. The van der Waals surface area contributed by atoms with Crippen LogP contribution in [0.2, 0.25) is 0 Å². The van der Waals surface area contributed by atoms with Gasteiger partial charge < -0.3 is 15.4 Å². The van der Waals surface area contributed by atoms with Crippen molar-refractivity contribution >= 4 is 12.0 Å². The molecule has 1 atom stereocenters. The van der Waals surface area contributed by atoms with Crippen molar-refractivity contribution < 1.29 is 14.3 Å². The first-order valence-corrected chi connectivity index (χ1v) is 8.87. The number of esters is 1. The van der Waals surface area contributed by atoms with Gasteiger partial charge in [0.05, 0.1) is 18.7 Å². The minimum Gasteiger partial charge on any atom is -0.463 e. The van der Waals surface area contributed by atoms with E-state index in [1.165, 1.54) is 38.5 Å². The summed E-state index contributed by atoms with van der Waals surface area (Å²) in [6, 6.07) is 0.366. The summed E-state index contributed by atoms with van der Waals surface area (Å²) in [6.07, 6.45) is 7.75. The largest absolute Gasteiger partial charge is 0.463 e. The Hall–Kier alpha value is -1.56. The average Bonchev–Trinajstić information content (AvgIpc) is 3.18. The lowest BCUT2D eigenvalue weighted by Gasteiger charge is -2.32. The number of nitrogens with one attached hydrogen (secondary N) is 2. The van der Waals surface area contributed by atoms with Gasteiger partial charge in [-0.05, 0) is 45.1 Å². The summed E-state index contributed by atoms with van der Waals surface area (Å²) in [5.74, 6) is 0.452. The minimum atomic E-state index is -0.327. The monoisotopic (exact) mass is 321 g/mol. The van der Waals surface area contributed by atoms with Crippen LogP contribution < -0.4 is 10.6 Å². The normalized spacial score (nSPS) is 26.3. The number of carbonyl (C=O) groups is 2. The molecule has 1 aliphatic carbocycles. The number of hydrogen-bond donors (Lipinski definition) is 2. The van der Waals surface area contributed by atoms with Crippen molar-refractivity contribution in [3.05, 3.63) is 11.3 Å². The highest BCUT2D eigenvalue weighted by atomic mass is 16.5. The van der Waals surface area contributed by atoms with Gasteiger partial charge in [-0.1, -0.05) is 12.8 Å². The van der Waals surface area contributed by atoms with Gasteiger partial charge in [-0.2, -0.15) is 0 Å². The quantitative estimate of drug-likeness (QED) is 0.757. The third-order valence-electron chi connectivity index (χ3n) is 5.30. The number of ether oxygens (including phenoxy) is 1. The molecule has 0 aromatic heterocycles. The summed E-state index contributed by atoms with van der Waals surface area (Å²) in [6.45, 7) is 4.08. The van der Waals surface area contributed by atoms with Crippen LogP contribution in [0.3, 0.4) is 0 Å². The standard InChI is InChI=1S/C17H27N3O3/c1-2-23-16(21)13-10-18-17(22)19-14(13)11-20-9-5-8-15(20)12-6-3-4-7-12/h12,15H,2-11H2,1H3,(H2,18,19,22)/t15-/m0/s1. The fraction of sp³-hybridized carbons (Fsp3) is 0.765. The van der Waals surface area contributed by atoms with Crippen LogP contribution in [-0.4, -0.2) is 49.2 Å². The molecule has 2 amide bonds. The van der Waals surface area contributed by atoms with E-state index in [2.05, 4.69) is 15.5 Å². The van der Waals surface area contributed by atoms with Crippen LogP contribution in [0.25, 0.3) is 0 Å². The first kappa shape index (κ1) is 16.3. The summed E-state index contributed by atoms with van der Waals surface area (Å²) >= 11 is 0. The summed E-state index contributed by atoms with van der Waals surface area (Å²) in [7, 11) is 0. The van der Waals surface area contributed by atoms with E-state index in [0.717, 1.165) is 18.2 Å². The second-order valence-electron chi connectivity index (χ2n) is 6.71. The molecule has 0 radical (unpaired) electrons. The van der Waals surface area contributed by atoms with Gasteiger partial charge in [0.25, 0.3) is 0 Å². The molecule has 0 unspecified atom stereocenters. The Balaban J connectivity index is 1.74. The van der Waals surface area contributed by atoms with Gasteiger partial charge in [0.2, 0.25) is 0 Å². The van der Waals surface area contributed by atoms with Gasteiger partial charge in [0, 0.05) is 18.3 Å². The predicted octanol–water partition coefficient (Wildman–Crippen LogP) is 1.77. The van der Waals surface area contributed by atoms with Gasteiger partial charge in [-0.3, -0.25) is 4.90 Å². The van der Waals surface area contributed by atoms with Crippen LogP contribution in [0.4, 0.5) is 4.79 Å². The Morgan fingerprint density at radius 1 is 1.26 bits per heavy atom. The number of hydrogen-bond acceptors (Lipinski definition) is 4. The lowest BCUT2D eigenvalue weighted by molar-refractivity contribution is -0.138. The van der Waals surface area contributed by atoms with Gasteiger partial charge in [-0.15, -0.1) is 0 Å². The van der Waals surface area contributed by atoms with Crippen molar-refractivity contribution in [1.29, 1.82) is 0 Å². The fourth-order valence-corrected chi connectivity index (χ4v) is 4.21. The van der Waals surface area contributed by atoms with Crippen molar-refractivity contribution in [2.45, 2.75) is 51.5 Å². The van der Waals surface area contributed by atoms with Crippen molar-refractivity contribution in [2.24, 2.45) is 5.92 Å². The van der Waals surface area contributed by atoms with E-state index in [4.69, 9.17) is 4.74 Å². The number of amides is 2. The van der Waals surface area contributed by atoms with Crippen LogP contribution in [0.5, 0.6) is 0 Å². The van der Waals surface area contributed by atoms with E-state index >= 15 is 0 Å². The predicted molar refractivity (Wildman–Crippen MR) is 86.7 cm³/mol. The molecule has 0 spiro atoms. The van der Waals surface area contributed by atoms with Gasteiger partial charge in [-0.25, -0.2) is 9.59 Å². The zero-order valence-electron chi connectivity index (χ0n) is 13.9. The van der Waals surface area contributed by atoms with Gasteiger partial charge in [0.15, 0.2) is 0 Å². The Labute approximate surface area is 137 Å². The highest BCUT2D eigenvalue weighted by molar-refractivity contribution is 5.93. The first-order valence-electron chi connectivity index (χ1n) is 8.87. The maximum Gasteiger partial charge on any atom is 0.337 e. The maximum atomic E-state index is 12.1. The lowest BCUT2D eigenvalue weighted by Crippen LogP contribution is -2.48. The molecule has 23 heavy (non-hydrogen) atoms. The number of likely N-dealkylation sites (tertiary alicyclic amines) is 1. The molecule has 3 rings (SSSR count). The van der Waals surface area contributed by atoms with Crippen molar-refractivity contribution in [1.82, 2.24) is 15.5 Å². The summed E-state index contributed by atoms with van der Waals surface area (Å²) in [5.41, 5.74) is 1.28. The number of carbonyl (C=O) groups excluding carboxylic acids is 2. The number of rotatable bonds is 5. The Kier molecular flexibility index (Phi) is 5.20. The molecule has 1 saturated carbocycles. The third-order valence-corrected chi connectivity index (χ3v) is 5.30. The number of nitrogens with zero attached hydrogens (tertiary/aromatic N) is 1. The van der Waals surface area contributed by atoms with Crippen molar-refractivity contribution in [3.8, 4) is 0 Å². The summed E-state index contributed by atoms with van der Waals surface area (Å²) in [5, 5.41) is 5.50. The van der Waals surface area contributed by atoms with Crippen LogP contribution in [0, 0.1) is 5.92 Å². The molecule has 0 aromatic rings. The van der Waals surface area contributed by atoms with Crippen molar-refractivity contribution in [3.63, 3.8) is 0 Å². The van der Waals surface area contributed by atoms with E-state index in [9.17, 15) is 9.59 Å². The van der Waals surface area contributed by atoms with E-state index in [1.54, 1.807) is 6.92 Å². The summed E-state index contributed by atoms with van der Waals surface area (Å²) in [4.78, 5) is 26.3. The second kappa shape index (κ2) is 7.34. The first-order chi connectivity index (χ1) is 11.2. The molecule has 128 valence electrons. The molecule has 6 heteroatoms. The topological polar surface area (TPSA) is 70.7 Å². The molecule has 2 aliphatic heterocycles. The zero-order valence-corrected chi connectivity index (χ0v) is 13.9. The Morgan fingerprint density at radius 2 is 2.04 bits per heavy atom. The Morgan fingerprint density at radius 3 is 2.78 bits per heavy atom. The summed E-state index contributed by atoms with van der Waals surface area (Å²) < 4.78 is 5.13. The van der Waals surface area contributed by atoms with E-state index in [0.29, 0.717) is 24.8 Å². The van der Waals surface area contributed by atoms with Gasteiger partial charge >= 0.3 is 12.0 Å². The molecule has 2 heterocycles.